The summed E-state index contributed by atoms with van der Waals surface area (Å²) in [6.45, 7) is 0.567. The van der Waals surface area contributed by atoms with Crippen LogP contribution >= 0.6 is 0 Å². The maximum atomic E-state index is 12.9. The zero-order valence-electron chi connectivity index (χ0n) is 16.3. The monoisotopic (exact) mass is 387 g/mol. The van der Waals surface area contributed by atoms with Crippen molar-refractivity contribution < 1.29 is 9.59 Å². The molecule has 5 heteroatoms. The molecule has 1 saturated heterocycles. The number of nitrogens with zero attached hydrogens (tertiary/aromatic N) is 1. The highest BCUT2D eigenvalue weighted by molar-refractivity contribution is 5.99. The fraction of sp³-hybridized carbons (Fsp3) is 0.250. The third-order valence-corrected chi connectivity index (χ3v) is 5.47. The van der Waals surface area contributed by atoms with Crippen molar-refractivity contribution in [3.05, 3.63) is 78.4 Å². The highest BCUT2D eigenvalue weighted by atomic mass is 16.2. The number of nitrogens with one attached hydrogen (secondary N) is 1. The summed E-state index contributed by atoms with van der Waals surface area (Å²) >= 11 is 0. The van der Waals surface area contributed by atoms with Crippen LogP contribution in [0.1, 0.15) is 18.4 Å². The van der Waals surface area contributed by atoms with Gasteiger partial charge in [-0.25, -0.2) is 0 Å². The topological polar surface area (TPSA) is 75.4 Å². The summed E-state index contributed by atoms with van der Waals surface area (Å²) in [5, 5.41) is 5.16. The van der Waals surface area contributed by atoms with Gasteiger partial charge in [0.1, 0.15) is 6.04 Å². The predicted molar refractivity (Wildman–Crippen MR) is 115 cm³/mol. The van der Waals surface area contributed by atoms with E-state index in [1.807, 2.05) is 72.8 Å². The second kappa shape index (κ2) is 8.45. The lowest BCUT2D eigenvalue weighted by atomic mass is 10.0. The molecule has 1 aliphatic heterocycles. The Hall–Kier alpha value is -3.18. The van der Waals surface area contributed by atoms with Crippen LogP contribution in [0.15, 0.2) is 72.8 Å². The van der Waals surface area contributed by atoms with E-state index in [1.165, 1.54) is 0 Å². The van der Waals surface area contributed by atoms with Gasteiger partial charge in [0.25, 0.3) is 0 Å². The Morgan fingerprint density at radius 1 is 1.00 bits per heavy atom. The molecule has 1 fully saturated rings. The van der Waals surface area contributed by atoms with Gasteiger partial charge >= 0.3 is 0 Å². The van der Waals surface area contributed by atoms with E-state index in [2.05, 4.69) is 5.32 Å². The van der Waals surface area contributed by atoms with E-state index in [0.29, 0.717) is 19.4 Å². The Kier molecular flexibility index (Phi) is 5.58. The van der Waals surface area contributed by atoms with Crippen molar-refractivity contribution in [1.82, 2.24) is 4.90 Å². The van der Waals surface area contributed by atoms with E-state index in [-0.39, 0.29) is 11.8 Å². The van der Waals surface area contributed by atoms with Crippen molar-refractivity contribution >= 4 is 28.3 Å². The van der Waals surface area contributed by atoms with Crippen LogP contribution in [0, 0.1) is 0 Å². The second-order valence-corrected chi connectivity index (χ2v) is 7.54. The molecule has 0 aliphatic carbocycles. The van der Waals surface area contributed by atoms with Gasteiger partial charge in [0, 0.05) is 12.2 Å². The number of rotatable bonds is 5. The summed E-state index contributed by atoms with van der Waals surface area (Å²) in [4.78, 5) is 27.5. The quantitative estimate of drug-likeness (QED) is 0.705. The van der Waals surface area contributed by atoms with Gasteiger partial charge in [-0.05, 0) is 47.7 Å². The fourth-order valence-corrected chi connectivity index (χ4v) is 3.96. The van der Waals surface area contributed by atoms with Crippen molar-refractivity contribution in [3.8, 4) is 0 Å². The van der Waals surface area contributed by atoms with Gasteiger partial charge in [0.2, 0.25) is 11.8 Å². The van der Waals surface area contributed by atoms with E-state index >= 15 is 0 Å². The highest BCUT2D eigenvalue weighted by Crippen LogP contribution is 2.23. The first kappa shape index (κ1) is 19.2. The van der Waals surface area contributed by atoms with Gasteiger partial charge in [-0.2, -0.15) is 0 Å². The summed E-state index contributed by atoms with van der Waals surface area (Å²) in [6.07, 6.45) is 1.93. The summed E-state index contributed by atoms with van der Waals surface area (Å²) < 4.78 is 0. The minimum Gasteiger partial charge on any atom is -0.329 e. The lowest BCUT2D eigenvalue weighted by Gasteiger charge is -2.26. The average Bonchev–Trinajstić information content (AvgIpc) is 3.24. The molecule has 3 N–H and O–H groups in total. The molecule has 2 amide bonds. The smallest absolute Gasteiger partial charge is 0.247 e. The van der Waals surface area contributed by atoms with Gasteiger partial charge in [-0.15, -0.1) is 0 Å². The molecule has 3 aromatic carbocycles. The molecule has 1 heterocycles. The van der Waals surface area contributed by atoms with E-state index in [1.54, 1.807) is 4.90 Å². The molecule has 29 heavy (non-hydrogen) atoms. The number of amides is 2. The van der Waals surface area contributed by atoms with Crippen molar-refractivity contribution in [2.45, 2.75) is 31.3 Å². The van der Waals surface area contributed by atoms with Gasteiger partial charge < -0.3 is 16.0 Å². The number of fused-ring (bicyclic) bond motifs is 1. The molecular weight excluding hydrogens is 362 g/mol. The lowest BCUT2D eigenvalue weighted by molar-refractivity contribution is -0.137. The Bertz CT molecular complexity index is 1020. The number of carbonyl (C=O) groups is 2. The van der Waals surface area contributed by atoms with Crippen LogP contribution in [0.4, 0.5) is 5.69 Å². The molecule has 3 aromatic rings. The molecule has 2 unspecified atom stereocenters. The van der Waals surface area contributed by atoms with E-state index in [0.717, 1.165) is 28.4 Å². The summed E-state index contributed by atoms with van der Waals surface area (Å²) in [7, 11) is 0. The van der Waals surface area contributed by atoms with Gasteiger partial charge in [-0.3, -0.25) is 9.59 Å². The predicted octanol–water partition coefficient (Wildman–Crippen LogP) is 3.34. The largest absolute Gasteiger partial charge is 0.329 e. The maximum absolute atomic E-state index is 12.9. The number of anilines is 1. The van der Waals surface area contributed by atoms with E-state index in [9.17, 15) is 9.59 Å². The highest BCUT2D eigenvalue weighted by Gasteiger charge is 2.36. The summed E-state index contributed by atoms with van der Waals surface area (Å²) in [5.74, 6) is -0.317. The minimum absolute atomic E-state index is 0.155. The van der Waals surface area contributed by atoms with Gasteiger partial charge in [0.05, 0.1) is 6.04 Å². The number of likely N-dealkylation sites (tertiary alicyclic amines) is 1. The van der Waals surface area contributed by atoms with Crippen LogP contribution in [0.5, 0.6) is 0 Å². The summed E-state index contributed by atoms with van der Waals surface area (Å²) in [6, 6.07) is 22.4. The first-order chi connectivity index (χ1) is 14.1. The number of hydrogen-bond donors (Lipinski definition) is 2. The van der Waals surface area contributed by atoms with Gasteiger partial charge in [0.15, 0.2) is 0 Å². The third-order valence-electron chi connectivity index (χ3n) is 5.47. The Morgan fingerprint density at radius 3 is 2.52 bits per heavy atom. The van der Waals surface area contributed by atoms with Crippen molar-refractivity contribution in [2.75, 3.05) is 11.9 Å². The van der Waals surface area contributed by atoms with Crippen molar-refractivity contribution in [1.29, 1.82) is 0 Å². The van der Waals surface area contributed by atoms with Crippen LogP contribution in [0.3, 0.4) is 0 Å². The number of hydrogen-bond acceptors (Lipinski definition) is 3. The van der Waals surface area contributed by atoms with E-state index < -0.39 is 12.1 Å². The Balaban J connectivity index is 1.43. The molecule has 0 bridgehead atoms. The zero-order chi connectivity index (χ0) is 20.2. The van der Waals surface area contributed by atoms with Crippen molar-refractivity contribution in [2.24, 2.45) is 5.73 Å². The molecule has 0 radical (unpaired) electrons. The molecular formula is C24H25N3O2. The second-order valence-electron chi connectivity index (χ2n) is 7.54. The molecule has 0 aromatic heterocycles. The molecule has 2 atom stereocenters. The van der Waals surface area contributed by atoms with Crippen LogP contribution < -0.4 is 11.1 Å². The number of nitrogens with two attached hydrogens (primary N) is 1. The zero-order valence-corrected chi connectivity index (χ0v) is 16.3. The third kappa shape index (κ3) is 4.30. The van der Waals surface area contributed by atoms with Gasteiger partial charge in [-0.1, -0.05) is 60.7 Å². The molecule has 148 valence electrons. The van der Waals surface area contributed by atoms with Crippen LogP contribution in [0.2, 0.25) is 0 Å². The molecule has 5 nitrogen and oxygen atoms in total. The normalized spacial score (nSPS) is 17.3. The van der Waals surface area contributed by atoms with Crippen molar-refractivity contribution in [3.63, 3.8) is 0 Å². The van der Waals surface area contributed by atoms with Crippen LogP contribution in [-0.2, 0) is 16.0 Å². The maximum Gasteiger partial charge on any atom is 0.247 e. The average molecular weight is 387 g/mol. The Labute approximate surface area is 170 Å². The molecule has 0 spiro atoms. The molecule has 0 saturated carbocycles. The summed E-state index contributed by atoms with van der Waals surface area (Å²) in [5.41, 5.74) is 7.94. The minimum atomic E-state index is -0.647. The first-order valence-electron chi connectivity index (χ1n) is 10.0. The number of carbonyl (C=O) groups excluding carboxylic acids is 2. The van der Waals surface area contributed by atoms with Crippen LogP contribution in [0.25, 0.3) is 10.8 Å². The van der Waals surface area contributed by atoms with E-state index in [4.69, 9.17) is 5.73 Å². The standard InChI is InChI=1S/C24H25N3O2/c25-21(15-17-7-2-1-3-8-17)24(29)27-14-6-11-22(27)23(28)26-20-13-12-18-9-4-5-10-19(18)16-20/h1-5,7-10,12-13,16,21-22H,6,11,14-15,25H2,(H,26,28). The fourth-order valence-electron chi connectivity index (χ4n) is 3.96. The van der Waals surface area contributed by atoms with Crippen LogP contribution in [-0.4, -0.2) is 35.3 Å². The SMILES string of the molecule is NC(Cc1ccccc1)C(=O)N1CCCC1C(=O)Nc1ccc2ccccc2c1. The molecule has 1 aliphatic rings. The lowest BCUT2D eigenvalue weighted by Crippen LogP contribution is -2.50. The Morgan fingerprint density at radius 2 is 1.72 bits per heavy atom. The number of benzene rings is 3. The first-order valence-corrected chi connectivity index (χ1v) is 10.0. The molecule has 4 rings (SSSR count).